The van der Waals surface area contributed by atoms with Gasteiger partial charge in [-0.25, -0.2) is 0 Å². The van der Waals surface area contributed by atoms with Crippen molar-refractivity contribution in [3.8, 4) is 0 Å². The second kappa shape index (κ2) is 6.24. The smallest absolute Gasteiger partial charge is 0.0361 e. The summed E-state index contributed by atoms with van der Waals surface area (Å²) in [6.07, 6.45) is 6.98. The fourth-order valence-electron chi connectivity index (χ4n) is 3.12. The fourth-order valence-corrected chi connectivity index (χ4v) is 3.12. The second-order valence-electron chi connectivity index (χ2n) is 5.65. The summed E-state index contributed by atoms with van der Waals surface area (Å²) < 4.78 is 0. The van der Waals surface area contributed by atoms with E-state index in [1.807, 2.05) is 0 Å². The molecule has 0 radical (unpaired) electrons. The first-order valence-electron chi connectivity index (χ1n) is 7.17. The lowest BCUT2D eigenvalue weighted by molar-refractivity contribution is 0.281. The van der Waals surface area contributed by atoms with Crippen molar-refractivity contribution in [1.82, 2.24) is 5.32 Å². The Bertz CT molecular complexity index is 350. The van der Waals surface area contributed by atoms with Gasteiger partial charge in [-0.05, 0) is 43.5 Å². The van der Waals surface area contributed by atoms with Crippen LogP contribution < -0.4 is 10.2 Å². The van der Waals surface area contributed by atoms with Crippen LogP contribution in [0.5, 0.6) is 0 Å². The van der Waals surface area contributed by atoms with E-state index in [1.54, 1.807) is 0 Å². The van der Waals surface area contributed by atoms with Gasteiger partial charge >= 0.3 is 0 Å². The third-order valence-corrected chi connectivity index (χ3v) is 4.20. The molecule has 2 heteroatoms. The summed E-state index contributed by atoms with van der Waals surface area (Å²) in [4.78, 5) is 2.15. The van der Waals surface area contributed by atoms with Crippen LogP contribution in [0.15, 0.2) is 24.3 Å². The molecule has 0 aliphatic heterocycles. The molecule has 0 spiro atoms. The van der Waals surface area contributed by atoms with Crippen LogP contribution in [-0.4, -0.2) is 21.1 Å². The minimum atomic E-state index is 0.529. The van der Waals surface area contributed by atoms with Gasteiger partial charge in [0.25, 0.3) is 0 Å². The molecule has 1 unspecified atom stereocenters. The molecule has 100 valence electrons. The zero-order chi connectivity index (χ0) is 13.0. The first-order chi connectivity index (χ1) is 8.72. The van der Waals surface area contributed by atoms with Crippen LogP contribution in [0.1, 0.15) is 43.7 Å². The van der Waals surface area contributed by atoms with Crippen molar-refractivity contribution in [2.45, 2.75) is 38.1 Å². The second-order valence-corrected chi connectivity index (χ2v) is 5.65. The Kier molecular flexibility index (Phi) is 4.65. The lowest BCUT2D eigenvalue weighted by Gasteiger charge is -2.30. The lowest BCUT2D eigenvalue weighted by Crippen LogP contribution is -2.27. The number of nitrogens with zero attached hydrogens (tertiary/aromatic N) is 1. The van der Waals surface area contributed by atoms with Crippen molar-refractivity contribution < 1.29 is 0 Å². The number of nitrogens with one attached hydrogen (secondary N) is 1. The molecule has 0 heterocycles. The van der Waals surface area contributed by atoms with Gasteiger partial charge < -0.3 is 10.2 Å². The fraction of sp³-hybridized carbons (Fsp3) is 0.625. The van der Waals surface area contributed by atoms with Gasteiger partial charge in [-0.2, -0.15) is 0 Å². The number of anilines is 1. The summed E-state index contributed by atoms with van der Waals surface area (Å²) in [6, 6.07) is 9.54. The molecular formula is C16H26N2. The van der Waals surface area contributed by atoms with Crippen LogP contribution in [0.4, 0.5) is 5.69 Å². The zero-order valence-electron chi connectivity index (χ0n) is 11.9. The molecule has 2 rings (SSSR count). The van der Waals surface area contributed by atoms with E-state index in [4.69, 9.17) is 0 Å². The van der Waals surface area contributed by atoms with Gasteiger partial charge in [-0.1, -0.05) is 31.4 Å². The zero-order valence-corrected chi connectivity index (χ0v) is 11.9. The summed E-state index contributed by atoms with van der Waals surface area (Å²) >= 11 is 0. The highest BCUT2D eigenvalue weighted by molar-refractivity contribution is 5.46. The molecule has 0 aromatic heterocycles. The van der Waals surface area contributed by atoms with Gasteiger partial charge in [0, 0.05) is 25.8 Å². The molecule has 0 bridgehead atoms. The lowest BCUT2D eigenvalue weighted by atomic mass is 9.81. The van der Waals surface area contributed by atoms with Crippen LogP contribution in [0, 0.1) is 5.92 Å². The van der Waals surface area contributed by atoms with E-state index in [1.165, 1.54) is 43.4 Å². The van der Waals surface area contributed by atoms with Gasteiger partial charge in [0.05, 0.1) is 0 Å². The molecular weight excluding hydrogens is 220 g/mol. The largest absolute Gasteiger partial charge is 0.378 e. The molecule has 1 N–H and O–H groups in total. The molecule has 1 saturated carbocycles. The third kappa shape index (κ3) is 3.05. The molecule has 2 nitrogen and oxygen atoms in total. The third-order valence-electron chi connectivity index (χ3n) is 4.20. The maximum absolute atomic E-state index is 3.52. The van der Waals surface area contributed by atoms with Crippen molar-refractivity contribution in [3.63, 3.8) is 0 Å². The summed E-state index contributed by atoms with van der Waals surface area (Å²) in [5.74, 6) is 0.814. The summed E-state index contributed by atoms with van der Waals surface area (Å²) in [5, 5.41) is 3.52. The van der Waals surface area contributed by atoms with Gasteiger partial charge in [0.2, 0.25) is 0 Å². The van der Waals surface area contributed by atoms with Crippen molar-refractivity contribution >= 4 is 5.69 Å². The van der Waals surface area contributed by atoms with Crippen LogP contribution in [0.3, 0.4) is 0 Å². The van der Waals surface area contributed by atoms with Crippen LogP contribution in [-0.2, 0) is 0 Å². The topological polar surface area (TPSA) is 15.3 Å². The average molecular weight is 246 g/mol. The number of hydrogen-bond acceptors (Lipinski definition) is 2. The van der Waals surface area contributed by atoms with Crippen molar-refractivity contribution in [2.24, 2.45) is 5.92 Å². The summed E-state index contributed by atoms with van der Waals surface area (Å²) in [5.41, 5.74) is 2.72. The van der Waals surface area contributed by atoms with Crippen LogP contribution in [0.2, 0.25) is 0 Å². The van der Waals surface area contributed by atoms with E-state index in [0.717, 1.165) is 5.92 Å². The first-order valence-corrected chi connectivity index (χ1v) is 7.17. The standard InChI is InChI=1S/C16H26N2/c1-17-16(13-7-5-4-6-8-13)14-9-11-15(12-10-14)18(2)3/h9-13,16-17H,4-8H2,1-3H3. The van der Waals surface area contributed by atoms with Gasteiger partial charge in [-0.15, -0.1) is 0 Å². The predicted octanol–water partition coefficient (Wildman–Crippen LogP) is 3.59. The highest BCUT2D eigenvalue weighted by atomic mass is 15.1. The molecule has 1 atom stereocenters. The maximum atomic E-state index is 3.52. The molecule has 0 saturated heterocycles. The molecule has 18 heavy (non-hydrogen) atoms. The molecule has 1 aromatic rings. The van der Waals surface area contributed by atoms with Crippen LogP contribution >= 0.6 is 0 Å². The molecule has 1 aromatic carbocycles. The summed E-state index contributed by atoms with van der Waals surface area (Å²) in [7, 11) is 6.27. The molecule has 1 aliphatic rings. The van der Waals surface area contributed by atoms with E-state index in [-0.39, 0.29) is 0 Å². The molecule has 1 aliphatic carbocycles. The Hall–Kier alpha value is -1.02. The summed E-state index contributed by atoms with van der Waals surface area (Å²) in [6.45, 7) is 0. The Morgan fingerprint density at radius 1 is 1.06 bits per heavy atom. The number of benzene rings is 1. The molecule has 1 fully saturated rings. The van der Waals surface area contributed by atoms with E-state index < -0.39 is 0 Å². The highest BCUT2D eigenvalue weighted by Gasteiger charge is 2.23. The number of hydrogen-bond donors (Lipinski definition) is 1. The van der Waals surface area contributed by atoms with Crippen molar-refractivity contribution in [3.05, 3.63) is 29.8 Å². The predicted molar refractivity (Wildman–Crippen MR) is 79.1 cm³/mol. The van der Waals surface area contributed by atoms with Gasteiger partial charge in [0.15, 0.2) is 0 Å². The van der Waals surface area contributed by atoms with Crippen LogP contribution in [0.25, 0.3) is 0 Å². The Balaban J connectivity index is 2.11. The first kappa shape index (κ1) is 13.4. The Morgan fingerprint density at radius 2 is 1.67 bits per heavy atom. The van der Waals surface area contributed by atoms with E-state index in [2.05, 4.69) is 55.6 Å². The Labute approximate surface area is 111 Å². The molecule has 0 amide bonds. The van der Waals surface area contributed by atoms with Gasteiger partial charge in [0.1, 0.15) is 0 Å². The van der Waals surface area contributed by atoms with Crippen molar-refractivity contribution in [1.29, 1.82) is 0 Å². The van der Waals surface area contributed by atoms with Crippen molar-refractivity contribution in [2.75, 3.05) is 26.0 Å². The Morgan fingerprint density at radius 3 is 2.17 bits per heavy atom. The quantitative estimate of drug-likeness (QED) is 0.873. The van der Waals surface area contributed by atoms with E-state index >= 15 is 0 Å². The minimum Gasteiger partial charge on any atom is -0.378 e. The monoisotopic (exact) mass is 246 g/mol. The van der Waals surface area contributed by atoms with Gasteiger partial charge in [-0.3, -0.25) is 0 Å². The minimum absolute atomic E-state index is 0.529. The SMILES string of the molecule is CNC(c1ccc(N(C)C)cc1)C1CCCCC1. The average Bonchev–Trinajstić information content (AvgIpc) is 2.41. The normalized spacial score (nSPS) is 18.6. The highest BCUT2D eigenvalue weighted by Crippen LogP contribution is 2.34. The van der Waals surface area contributed by atoms with E-state index in [0.29, 0.717) is 6.04 Å². The maximum Gasteiger partial charge on any atom is 0.0361 e. The van der Waals surface area contributed by atoms with E-state index in [9.17, 15) is 0 Å². The number of rotatable bonds is 4.